The number of carboxylic acids is 1. The Morgan fingerprint density at radius 2 is 0.643 bits per heavy atom. The number of carboxylic acid groups (broad SMARTS) is 1. The maximum atomic E-state index is 14.7. The summed E-state index contributed by atoms with van der Waals surface area (Å²) in [5.74, 6) is -13.4. The number of hydrogen-bond donors (Lipinski definition) is 30. The van der Waals surface area contributed by atoms with E-state index in [9.17, 15) is 165 Å². The van der Waals surface area contributed by atoms with Crippen LogP contribution >= 0.6 is 23.5 Å². The molecule has 0 radical (unpaired) electrons. The van der Waals surface area contributed by atoms with Gasteiger partial charge in [-0.2, -0.15) is 0 Å². The number of aliphatic hydroxyl groups is 22. The quantitative estimate of drug-likeness (QED) is 0.0165. The zero-order valence-corrected chi connectivity index (χ0v) is 82.1. The van der Waals surface area contributed by atoms with Crippen molar-refractivity contribution >= 4 is 81.7 Å². The number of carbonyl (C=O) groups is 9. The van der Waals surface area contributed by atoms with Gasteiger partial charge in [0.15, 0.2) is 68.8 Å². The SMILES string of the molecule is CC[C@@H]1C(C(=O)[O-])O[C@@H](O[C@@H]2C(NC(C)=O)[C@H](O[C@@H]3C(C(=O)NNC(=O)SCC4O[C@H](O[C@H]5OC(CSC(=O)NNC(=O)C6O[C@@H](O[C@@H]7C(NC(C)=O)[C@H](OC)OC(CO)[C@H]7O)C(O)[C@@H](O)[C@@H]6O[C@@H]6OC(CO)[C@@H](O)[C@H](O[C@@H]7CC([C-]=O)[C@@H](C)[C@H](O)C7O)C6NC(C)=O)[C@@H](O)[C@H](O)C5O)C(O)[C@@H](O)[C@@H]4O)O[C@@H](O[C@@H]4C(NC(C)=O)[C@H](OC)OC(CO)[C@H]4O)C(O)[C@H]3O)OC(CO)[C@H]2O)C(O)[C@H]1O.[Na+].[Na+].[OH-]. The van der Waals surface area contributed by atoms with Crippen LogP contribution in [0, 0.1) is 17.8 Å². The number of aliphatic hydroxyl groups excluding tert-OH is 22. The maximum absolute atomic E-state index is 14.7. The molecule has 10 aliphatic rings. The molecule has 9 saturated heterocycles. The Kier molecular flexibility index (Phi) is 48.2. The Hall–Kier alpha value is -4.04. The van der Waals surface area contributed by atoms with Crippen molar-refractivity contribution in [2.45, 2.75) is 343 Å². The molecule has 0 spiro atoms. The number of aliphatic carboxylic acids is 1. The van der Waals surface area contributed by atoms with E-state index in [0.29, 0.717) is 0 Å². The normalized spacial score (nSPS) is 44.3. The molecule has 60 nitrogen and oxygen atoms in total. The largest absolute Gasteiger partial charge is 1.00 e. The number of methoxy groups -OCH3 is 2. The van der Waals surface area contributed by atoms with Gasteiger partial charge in [0, 0.05) is 59.3 Å². The molecule has 31 N–H and O–H groups in total. The third-order valence-electron chi connectivity index (χ3n) is 24.7. The minimum atomic E-state index is -2.55. The Labute approximate surface area is 847 Å². The van der Waals surface area contributed by atoms with E-state index in [1.807, 2.05) is 21.7 Å². The minimum Gasteiger partial charge on any atom is -0.870 e. The first-order chi connectivity index (χ1) is 64.7. The average Bonchev–Trinajstić information content (AvgIpc) is 0.761. The van der Waals surface area contributed by atoms with Crippen LogP contribution in [0.1, 0.15) is 54.4 Å². The summed E-state index contributed by atoms with van der Waals surface area (Å²) in [4.78, 5) is 132. The molecule has 1 saturated carbocycles. The fourth-order valence-corrected chi connectivity index (χ4v) is 18.7. The van der Waals surface area contributed by atoms with Crippen molar-refractivity contribution in [2.75, 3.05) is 52.2 Å². The van der Waals surface area contributed by atoms with Crippen LogP contribution in [0.2, 0.25) is 0 Å². The molecule has 8 amide bonds. The number of carbonyl (C=O) groups excluding carboxylic acids is 10. The molecule has 0 aromatic rings. The Bertz CT molecular complexity index is 3980. The van der Waals surface area contributed by atoms with E-state index in [2.05, 4.69) is 21.3 Å². The first-order valence-corrected chi connectivity index (χ1v) is 45.0. The number of ether oxygens (including phenoxy) is 18. The van der Waals surface area contributed by atoms with Crippen molar-refractivity contribution in [3.8, 4) is 0 Å². The van der Waals surface area contributed by atoms with Gasteiger partial charge in [-0.3, -0.25) is 66.3 Å². The van der Waals surface area contributed by atoms with Gasteiger partial charge < -0.3 is 239 Å². The van der Waals surface area contributed by atoms with Gasteiger partial charge in [0.2, 0.25) is 23.6 Å². The number of rotatable bonds is 33. The molecule has 9 heterocycles. The molecule has 140 heavy (non-hydrogen) atoms. The third-order valence-corrected chi connectivity index (χ3v) is 26.4. The standard InChI is InChI=1S/C76H121N8O51S2.2Na.H2O/c1-9-24-37(95)49(107)72(127-54(24)65(114)115)130-58-35(80-22(6)93)69(124-29(15-89)44(58)102)132-60-48(106)53(111)74(129-57-33(78-20(4)91)67(119-8)122-27(13-87)43(57)101)134-62(60)64(113)82-84-76(117)137-17-31-40(98)46(104)51(109)71(126-31)135-70-50(108)45(103)39(97)30(125-70)16-136-75(116)83-81-63(112)61-59(47(105)52(110)73(133-61)128-56-32(77-19(3)90)66(118-7)121-26(12-86)42(56)100)131-68-34(79-21(5)92)55(41(99)28(14-88)123-68)120-25-10-23(11-85)18(2)36(94)38(25)96;;;/h18,23-62,66-74,86-89,94-111H,9-10,12-17H2,1-8H3,(H,77,90)(H,78,91)(H,79,92)(H,80,93)(H,81,112)(H,82,113)(H,83,116)(H,84,117)(H,114,115);;;1H2/q-1;2*+1;/p-2/t18-,23?,24+,25-,26?,27?,28?,29?,30?,31?,32?,33?,34?,35?,36+,37+,38?,39-,40-,41-,42-,43-,44-,45+,46+,47-,48-,49?,50?,51?,52?,53?,54?,55-,56-,57-,58-,59+,60+,61?,62?,66-,67-,68+,69+,70-,71-,72+,73-,74-;;;/m1.../s1. The van der Waals surface area contributed by atoms with Gasteiger partial charge in [-0.1, -0.05) is 37.4 Å². The van der Waals surface area contributed by atoms with E-state index in [4.69, 9.17) is 85.3 Å². The maximum Gasteiger partial charge on any atom is 1.00 e. The van der Waals surface area contributed by atoms with E-state index in [1.165, 1.54) is 13.8 Å². The van der Waals surface area contributed by atoms with Crippen LogP contribution in [0.25, 0.3) is 0 Å². The summed E-state index contributed by atoms with van der Waals surface area (Å²) in [6.45, 7) is 2.70. The van der Waals surface area contributed by atoms with E-state index >= 15 is 0 Å². The molecule has 50 atom stereocenters. The number of thioether (sulfide) groups is 2. The second-order valence-corrected chi connectivity index (χ2v) is 35.9. The zero-order valence-electron chi connectivity index (χ0n) is 76.5. The molecule has 64 heteroatoms. The summed E-state index contributed by atoms with van der Waals surface area (Å²) in [5.41, 5.74) is 7.81. The second kappa shape index (κ2) is 54.9. The molecular weight excluding hydrogens is 1970 g/mol. The number of hydrazine groups is 2. The first-order valence-electron chi connectivity index (χ1n) is 43.1. The summed E-state index contributed by atoms with van der Waals surface area (Å²) >= 11 is 0.258. The van der Waals surface area contributed by atoms with Crippen molar-refractivity contribution in [2.24, 2.45) is 17.8 Å². The second-order valence-electron chi connectivity index (χ2n) is 33.9. The summed E-state index contributed by atoms with van der Waals surface area (Å²) in [6.07, 6.45) is -87.9. The number of hydrogen-bond acceptors (Lipinski definition) is 54. The topological polar surface area (TPSA) is 931 Å². The van der Waals surface area contributed by atoms with Gasteiger partial charge in [-0.15, -0.1) is 5.92 Å². The number of nitrogens with one attached hydrogen (secondary N) is 8. The van der Waals surface area contributed by atoms with Gasteiger partial charge in [-0.05, 0) is 18.8 Å². The summed E-state index contributed by atoms with van der Waals surface area (Å²) in [6, 6.07) is -6.94. The molecule has 10 fully saturated rings. The molecule has 9 aliphatic heterocycles. The van der Waals surface area contributed by atoms with Gasteiger partial charge >= 0.3 is 59.1 Å². The summed E-state index contributed by atoms with van der Waals surface area (Å²) in [7, 11) is 2.19. The van der Waals surface area contributed by atoms with Crippen molar-refractivity contribution < 1.29 is 315 Å². The molecule has 10 rings (SSSR count). The molecule has 0 aromatic carbocycles. The monoisotopic (exact) mass is 2090 g/mol. The Balaban J connectivity index is 0.00000888. The van der Waals surface area contributed by atoms with Gasteiger partial charge in [0.25, 0.3) is 22.3 Å². The van der Waals surface area contributed by atoms with E-state index in [-0.39, 0.29) is 101 Å². The van der Waals surface area contributed by atoms with Crippen molar-refractivity contribution in [1.82, 2.24) is 43.0 Å². The van der Waals surface area contributed by atoms with Crippen LogP contribution < -0.4 is 107 Å². The van der Waals surface area contributed by atoms with E-state index in [1.54, 1.807) is 6.29 Å². The molecule has 792 valence electrons. The number of amides is 8. The predicted octanol–water partition coefficient (Wildman–Crippen LogP) is -25.7. The third kappa shape index (κ3) is 28.6. The summed E-state index contributed by atoms with van der Waals surface area (Å²) < 4.78 is 104. The fourth-order valence-electron chi connectivity index (χ4n) is 17.3. The van der Waals surface area contributed by atoms with E-state index < -0.39 is 396 Å². The van der Waals surface area contributed by atoms with Crippen molar-refractivity contribution in [3.05, 3.63) is 0 Å². The minimum absolute atomic E-state index is 0. The average molecular weight is 2090 g/mol. The smallest absolute Gasteiger partial charge is 0.870 e. The van der Waals surface area contributed by atoms with Crippen LogP contribution in [0.4, 0.5) is 9.59 Å². The fraction of sp³-hybridized carbons (Fsp3) is 0.868. The van der Waals surface area contributed by atoms with Crippen LogP contribution in [0.3, 0.4) is 0 Å². The van der Waals surface area contributed by atoms with Crippen LogP contribution in [0.15, 0.2) is 0 Å². The van der Waals surface area contributed by atoms with Crippen LogP contribution in [-0.4, -0.2) is 516 Å². The van der Waals surface area contributed by atoms with Crippen LogP contribution in [-0.2, 0) is 124 Å². The Morgan fingerprint density at radius 3 is 0.957 bits per heavy atom. The first kappa shape index (κ1) is 123. The molecule has 1 aliphatic carbocycles. The van der Waals surface area contributed by atoms with E-state index in [0.717, 1.165) is 41.9 Å². The van der Waals surface area contributed by atoms with Gasteiger partial charge in [0.1, 0.15) is 189 Å². The van der Waals surface area contributed by atoms with Crippen LogP contribution in [0.5, 0.6) is 0 Å². The predicted molar refractivity (Wildman–Crippen MR) is 435 cm³/mol. The van der Waals surface area contributed by atoms with Crippen molar-refractivity contribution in [1.29, 1.82) is 0 Å². The van der Waals surface area contributed by atoms with Crippen molar-refractivity contribution in [3.63, 3.8) is 0 Å². The Morgan fingerprint density at radius 1 is 0.350 bits per heavy atom. The molecule has 0 bridgehead atoms. The molecular formula is C76H121N8Na2O52S2-. The van der Waals surface area contributed by atoms with Gasteiger partial charge in [0.05, 0.1) is 62.9 Å². The van der Waals surface area contributed by atoms with Gasteiger partial charge in [-0.25, -0.2) is 0 Å². The molecule has 20 unspecified atom stereocenters. The summed E-state index contributed by atoms with van der Waals surface area (Å²) in [5, 5.41) is 266. The molecule has 0 aromatic heterocycles. The zero-order chi connectivity index (χ0) is 101.